The zero-order valence-electron chi connectivity index (χ0n) is 14.0. The van der Waals surface area contributed by atoms with Gasteiger partial charge in [-0.15, -0.1) is 11.3 Å². The van der Waals surface area contributed by atoms with Crippen molar-refractivity contribution < 1.29 is 14.3 Å². The maximum absolute atomic E-state index is 12.8. The van der Waals surface area contributed by atoms with E-state index in [1.54, 1.807) is 7.11 Å². The molecule has 1 aliphatic rings. The number of carbonyl (C=O) groups excluding carboxylic acids is 1. The van der Waals surface area contributed by atoms with E-state index in [2.05, 4.69) is 4.98 Å². The lowest BCUT2D eigenvalue weighted by atomic mass is 10.1. The van der Waals surface area contributed by atoms with Gasteiger partial charge in [0, 0.05) is 31.0 Å². The fourth-order valence-electron chi connectivity index (χ4n) is 2.87. The number of methoxy groups -OCH3 is 1. The second-order valence-corrected chi connectivity index (χ2v) is 6.67. The lowest BCUT2D eigenvalue weighted by molar-refractivity contribution is 0.0726. The Kier molecular flexibility index (Phi) is 5.48. The summed E-state index contributed by atoms with van der Waals surface area (Å²) in [5, 5.41) is 2.63. The Labute approximate surface area is 146 Å². The standard InChI is InChI=1S/C18H22N2O3S/c1-3-20(10-13-8-9-23-11-13)18(21)15-12-24-17(19-15)14-6-4-5-7-16(14)22-2/h4-7,12-13H,3,8-11H2,1-2H3. The van der Waals surface area contributed by atoms with Gasteiger partial charge in [-0.3, -0.25) is 4.79 Å². The van der Waals surface area contributed by atoms with Crippen LogP contribution in [0.15, 0.2) is 29.6 Å². The van der Waals surface area contributed by atoms with Crippen molar-refractivity contribution in [2.45, 2.75) is 13.3 Å². The minimum Gasteiger partial charge on any atom is -0.496 e. The van der Waals surface area contributed by atoms with Gasteiger partial charge in [-0.25, -0.2) is 4.98 Å². The van der Waals surface area contributed by atoms with Crippen LogP contribution in [0.5, 0.6) is 5.75 Å². The first-order valence-electron chi connectivity index (χ1n) is 8.18. The molecule has 0 saturated carbocycles. The van der Waals surface area contributed by atoms with Crippen molar-refractivity contribution >= 4 is 17.2 Å². The predicted molar refractivity (Wildman–Crippen MR) is 94.6 cm³/mol. The Bertz CT molecular complexity index is 695. The van der Waals surface area contributed by atoms with Gasteiger partial charge in [-0.1, -0.05) is 12.1 Å². The number of amides is 1. The third kappa shape index (κ3) is 3.60. The van der Waals surface area contributed by atoms with Crippen LogP contribution in [-0.4, -0.2) is 49.2 Å². The topological polar surface area (TPSA) is 51.7 Å². The normalized spacial score (nSPS) is 17.0. The average Bonchev–Trinajstić information content (AvgIpc) is 3.30. The van der Waals surface area contributed by atoms with E-state index in [-0.39, 0.29) is 5.91 Å². The van der Waals surface area contributed by atoms with Crippen molar-refractivity contribution in [3.8, 4) is 16.3 Å². The monoisotopic (exact) mass is 346 g/mol. The second-order valence-electron chi connectivity index (χ2n) is 5.81. The summed E-state index contributed by atoms with van der Waals surface area (Å²) in [6.07, 6.45) is 1.02. The van der Waals surface area contributed by atoms with Crippen LogP contribution in [0.2, 0.25) is 0 Å². The molecule has 5 nitrogen and oxygen atoms in total. The molecule has 1 fully saturated rings. The number of carbonyl (C=O) groups is 1. The molecule has 6 heteroatoms. The lowest BCUT2D eigenvalue weighted by Gasteiger charge is -2.22. The number of nitrogens with zero attached hydrogens (tertiary/aromatic N) is 2. The number of para-hydroxylation sites is 1. The number of hydrogen-bond acceptors (Lipinski definition) is 5. The van der Waals surface area contributed by atoms with Gasteiger partial charge in [0.15, 0.2) is 0 Å². The van der Waals surface area contributed by atoms with E-state index in [4.69, 9.17) is 9.47 Å². The van der Waals surface area contributed by atoms with E-state index in [0.717, 1.165) is 42.5 Å². The van der Waals surface area contributed by atoms with Crippen molar-refractivity contribution in [3.05, 3.63) is 35.3 Å². The minimum absolute atomic E-state index is 0.0122. The highest BCUT2D eigenvalue weighted by Gasteiger charge is 2.24. The molecule has 1 unspecified atom stereocenters. The molecule has 2 heterocycles. The second kappa shape index (κ2) is 7.77. The fraction of sp³-hybridized carbons (Fsp3) is 0.444. The number of rotatable bonds is 6. The molecule has 1 aliphatic heterocycles. The summed E-state index contributed by atoms with van der Waals surface area (Å²) < 4.78 is 10.8. The van der Waals surface area contributed by atoms with Gasteiger partial charge in [-0.2, -0.15) is 0 Å². The summed E-state index contributed by atoms with van der Waals surface area (Å²) in [4.78, 5) is 19.2. The summed E-state index contributed by atoms with van der Waals surface area (Å²) in [6.45, 7) is 4.95. The summed E-state index contributed by atoms with van der Waals surface area (Å²) in [5.41, 5.74) is 1.41. The summed E-state index contributed by atoms with van der Waals surface area (Å²) in [6, 6.07) is 7.72. The van der Waals surface area contributed by atoms with Gasteiger partial charge in [0.05, 0.1) is 19.3 Å². The van der Waals surface area contributed by atoms with Gasteiger partial charge in [0.2, 0.25) is 0 Å². The minimum atomic E-state index is -0.0122. The van der Waals surface area contributed by atoms with Crippen LogP contribution in [0.3, 0.4) is 0 Å². The van der Waals surface area contributed by atoms with E-state index in [0.29, 0.717) is 18.2 Å². The van der Waals surface area contributed by atoms with Crippen LogP contribution in [0.1, 0.15) is 23.8 Å². The van der Waals surface area contributed by atoms with E-state index in [1.807, 2.05) is 41.5 Å². The Morgan fingerprint density at radius 3 is 3.00 bits per heavy atom. The molecule has 0 N–H and O–H groups in total. The molecular weight excluding hydrogens is 324 g/mol. The molecule has 0 bridgehead atoms. The van der Waals surface area contributed by atoms with E-state index in [1.165, 1.54) is 11.3 Å². The number of hydrogen-bond donors (Lipinski definition) is 0. The van der Waals surface area contributed by atoms with Crippen LogP contribution < -0.4 is 4.74 Å². The number of aromatic nitrogens is 1. The van der Waals surface area contributed by atoms with Crippen molar-refractivity contribution in [2.75, 3.05) is 33.4 Å². The van der Waals surface area contributed by atoms with E-state index >= 15 is 0 Å². The first-order valence-corrected chi connectivity index (χ1v) is 9.06. The van der Waals surface area contributed by atoms with Crippen molar-refractivity contribution in [3.63, 3.8) is 0 Å². The summed E-state index contributed by atoms with van der Waals surface area (Å²) >= 11 is 1.47. The maximum atomic E-state index is 12.8. The smallest absolute Gasteiger partial charge is 0.273 e. The van der Waals surface area contributed by atoms with Crippen molar-refractivity contribution in [2.24, 2.45) is 5.92 Å². The largest absolute Gasteiger partial charge is 0.496 e. The molecule has 0 radical (unpaired) electrons. The summed E-state index contributed by atoms with van der Waals surface area (Å²) in [5.74, 6) is 1.18. The molecule has 1 amide bonds. The van der Waals surface area contributed by atoms with Gasteiger partial charge in [0.25, 0.3) is 5.91 Å². The Morgan fingerprint density at radius 1 is 1.46 bits per heavy atom. The Balaban J connectivity index is 1.77. The van der Waals surface area contributed by atoms with Gasteiger partial charge >= 0.3 is 0 Å². The predicted octanol–water partition coefficient (Wildman–Crippen LogP) is 3.32. The molecular formula is C18H22N2O3S. The lowest BCUT2D eigenvalue weighted by Crippen LogP contribution is -2.35. The zero-order valence-corrected chi connectivity index (χ0v) is 14.8. The third-order valence-electron chi connectivity index (χ3n) is 4.23. The molecule has 2 aromatic rings. The van der Waals surface area contributed by atoms with Gasteiger partial charge in [0.1, 0.15) is 16.5 Å². The van der Waals surface area contributed by atoms with Crippen LogP contribution in [0, 0.1) is 5.92 Å². The number of ether oxygens (including phenoxy) is 2. The molecule has 1 aromatic carbocycles. The van der Waals surface area contributed by atoms with Crippen LogP contribution in [0.25, 0.3) is 10.6 Å². The molecule has 0 spiro atoms. The quantitative estimate of drug-likeness (QED) is 0.805. The highest BCUT2D eigenvalue weighted by atomic mass is 32.1. The molecule has 128 valence electrons. The zero-order chi connectivity index (χ0) is 16.9. The molecule has 1 saturated heterocycles. The molecule has 1 atom stereocenters. The van der Waals surface area contributed by atoms with Crippen LogP contribution >= 0.6 is 11.3 Å². The van der Waals surface area contributed by atoms with Crippen LogP contribution in [-0.2, 0) is 4.74 Å². The summed E-state index contributed by atoms with van der Waals surface area (Å²) in [7, 11) is 1.64. The van der Waals surface area contributed by atoms with Gasteiger partial charge < -0.3 is 14.4 Å². The van der Waals surface area contributed by atoms with Gasteiger partial charge in [-0.05, 0) is 25.5 Å². The van der Waals surface area contributed by atoms with Crippen molar-refractivity contribution in [1.82, 2.24) is 9.88 Å². The molecule has 24 heavy (non-hydrogen) atoms. The Morgan fingerprint density at radius 2 is 2.29 bits per heavy atom. The molecule has 0 aliphatic carbocycles. The molecule has 3 rings (SSSR count). The SMILES string of the molecule is CCN(CC1CCOC1)C(=O)c1csc(-c2ccccc2OC)n1. The van der Waals surface area contributed by atoms with Crippen molar-refractivity contribution in [1.29, 1.82) is 0 Å². The first-order chi connectivity index (χ1) is 11.7. The Hall–Kier alpha value is -1.92. The number of benzene rings is 1. The highest BCUT2D eigenvalue weighted by molar-refractivity contribution is 7.13. The maximum Gasteiger partial charge on any atom is 0.273 e. The highest BCUT2D eigenvalue weighted by Crippen LogP contribution is 2.32. The number of thiazole rings is 1. The average molecular weight is 346 g/mol. The van der Waals surface area contributed by atoms with E-state index in [9.17, 15) is 4.79 Å². The first kappa shape index (κ1) is 16.9. The third-order valence-corrected chi connectivity index (χ3v) is 5.11. The fourth-order valence-corrected chi connectivity index (χ4v) is 3.70. The van der Waals surface area contributed by atoms with E-state index < -0.39 is 0 Å². The van der Waals surface area contributed by atoms with Crippen LogP contribution in [0.4, 0.5) is 0 Å². The molecule has 1 aromatic heterocycles.